The van der Waals surface area contributed by atoms with Gasteiger partial charge in [0.2, 0.25) is 0 Å². The third-order valence-electron chi connectivity index (χ3n) is 4.56. The second-order valence-electron chi connectivity index (χ2n) is 6.36. The Morgan fingerprint density at radius 3 is 2.54 bits per heavy atom. The van der Waals surface area contributed by atoms with Crippen LogP contribution in [0.1, 0.15) is 34.3 Å². The van der Waals surface area contributed by atoms with Crippen molar-refractivity contribution in [1.29, 1.82) is 0 Å². The van der Waals surface area contributed by atoms with Crippen molar-refractivity contribution in [3.8, 4) is 0 Å². The molecular weight excluding hydrogens is 354 g/mol. The Kier molecular flexibility index (Phi) is 5.85. The number of likely N-dealkylation sites (tertiary alicyclic amines) is 1. The van der Waals surface area contributed by atoms with Crippen LogP contribution in [0.5, 0.6) is 0 Å². The first-order chi connectivity index (χ1) is 12.5. The first-order valence-electron chi connectivity index (χ1n) is 8.56. The van der Waals surface area contributed by atoms with E-state index in [1.165, 1.54) is 36.6 Å². The molecule has 0 atom stereocenters. The predicted molar refractivity (Wildman–Crippen MR) is 100 cm³/mol. The lowest BCUT2D eigenvalue weighted by Crippen LogP contribution is -2.25. The molecule has 0 bridgehead atoms. The number of rotatable bonds is 6. The number of hydrogen-bond donors (Lipinski definition) is 1. The molecule has 26 heavy (non-hydrogen) atoms. The normalized spacial score (nSPS) is 14.3. The monoisotopic (exact) mass is 373 g/mol. The number of amides is 1. The Balaban J connectivity index is 1.70. The maximum Gasteiger partial charge on any atom is 0.270 e. The van der Waals surface area contributed by atoms with Gasteiger partial charge in [-0.15, -0.1) is 0 Å². The summed E-state index contributed by atoms with van der Waals surface area (Å²) in [6.45, 7) is 3.42. The molecule has 0 radical (unpaired) electrons. The van der Waals surface area contributed by atoms with Crippen LogP contribution in [-0.2, 0) is 13.1 Å². The molecule has 3 rings (SSSR count). The molecule has 1 fully saturated rings. The van der Waals surface area contributed by atoms with E-state index in [-0.39, 0.29) is 16.3 Å². The highest BCUT2D eigenvalue weighted by atomic mass is 35.5. The van der Waals surface area contributed by atoms with Crippen LogP contribution in [-0.4, -0.2) is 28.8 Å². The largest absolute Gasteiger partial charge is 0.348 e. The van der Waals surface area contributed by atoms with Gasteiger partial charge in [-0.1, -0.05) is 35.9 Å². The summed E-state index contributed by atoms with van der Waals surface area (Å²) in [5.74, 6) is -0.422. The van der Waals surface area contributed by atoms with E-state index >= 15 is 0 Å². The highest BCUT2D eigenvalue weighted by Gasteiger charge is 2.17. The van der Waals surface area contributed by atoms with Crippen LogP contribution in [0.2, 0.25) is 5.02 Å². The SMILES string of the molecule is O=C(NCc1ccccc1CN1CCCC1)c1cc([N+](=O)[O-])ccc1Cl. The summed E-state index contributed by atoms with van der Waals surface area (Å²) < 4.78 is 0. The van der Waals surface area contributed by atoms with Gasteiger partial charge in [0.15, 0.2) is 0 Å². The number of carbonyl (C=O) groups is 1. The predicted octanol–water partition coefficient (Wildman–Crippen LogP) is 3.77. The minimum Gasteiger partial charge on any atom is -0.348 e. The Hall–Kier alpha value is -2.44. The quantitative estimate of drug-likeness (QED) is 0.617. The summed E-state index contributed by atoms with van der Waals surface area (Å²) in [5, 5.41) is 13.9. The summed E-state index contributed by atoms with van der Waals surface area (Å²) in [6.07, 6.45) is 2.45. The van der Waals surface area contributed by atoms with Crippen LogP contribution in [0.15, 0.2) is 42.5 Å². The van der Waals surface area contributed by atoms with Crippen molar-refractivity contribution < 1.29 is 9.72 Å². The Morgan fingerprint density at radius 1 is 1.15 bits per heavy atom. The zero-order valence-electron chi connectivity index (χ0n) is 14.3. The lowest BCUT2D eigenvalue weighted by molar-refractivity contribution is -0.384. The molecule has 1 aliphatic rings. The third-order valence-corrected chi connectivity index (χ3v) is 4.89. The average molecular weight is 374 g/mol. The zero-order valence-corrected chi connectivity index (χ0v) is 15.0. The molecule has 0 unspecified atom stereocenters. The van der Waals surface area contributed by atoms with E-state index in [9.17, 15) is 14.9 Å². The van der Waals surface area contributed by atoms with Gasteiger partial charge in [0.05, 0.1) is 15.5 Å². The fourth-order valence-electron chi connectivity index (χ4n) is 3.14. The third kappa shape index (κ3) is 4.39. The maximum atomic E-state index is 12.4. The van der Waals surface area contributed by atoms with Crippen LogP contribution in [0.3, 0.4) is 0 Å². The van der Waals surface area contributed by atoms with Crippen LogP contribution in [0.4, 0.5) is 5.69 Å². The summed E-state index contributed by atoms with van der Waals surface area (Å²) in [4.78, 5) is 25.2. The van der Waals surface area contributed by atoms with Gasteiger partial charge in [-0.2, -0.15) is 0 Å². The number of carbonyl (C=O) groups excluding carboxylic acids is 1. The second kappa shape index (κ2) is 8.29. The van der Waals surface area contributed by atoms with Gasteiger partial charge in [0, 0.05) is 25.2 Å². The molecule has 2 aromatic rings. The Labute approximate surface area is 156 Å². The number of hydrogen-bond acceptors (Lipinski definition) is 4. The van der Waals surface area contributed by atoms with Gasteiger partial charge < -0.3 is 5.32 Å². The van der Waals surface area contributed by atoms with Crippen LogP contribution in [0.25, 0.3) is 0 Å². The van der Waals surface area contributed by atoms with Crippen LogP contribution in [0, 0.1) is 10.1 Å². The molecule has 2 aromatic carbocycles. The molecular formula is C19H20ClN3O3. The zero-order chi connectivity index (χ0) is 18.5. The summed E-state index contributed by atoms with van der Waals surface area (Å²) >= 11 is 6.03. The average Bonchev–Trinajstić information content (AvgIpc) is 3.14. The molecule has 0 spiro atoms. The van der Waals surface area contributed by atoms with Gasteiger partial charge in [-0.05, 0) is 43.1 Å². The molecule has 6 nitrogen and oxygen atoms in total. The number of benzene rings is 2. The van der Waals surface area contributed by atoms with Crippen molar-refractivity contribution in [2.45, 2.75) is 25.9 Å². The number of nitrogens with one attached hydrogen (secondary N) is 1. The van der Waals surface area contributed by atoms with Gasteiger partial charge in [0.25, 0.3) is 11.6 Å². The number of halogens is 1. The molecule has 0 saturated carbocycles. The minimum absolute atomic E-state index is 0.109. The molecule has 1 saturated heterocycles. The Bertz CT molecular complexity index is 819. The fraction of sp³-hybridized carbons (Fsp3) is 0.316. The topological polar surface area (TPSA) is 75.5 Å². The molecule has 1 amide bonds. The summed E-state index contributed by atoms with van der Waals surface area (Å²) in [7, 11) is 0. The van der Waals surface area contributed by atoms with E-state index in [1.54, 1.807) is 0 Å². The second-order valence-corrected chi connectivity index (χ2v) is 6.76. The smallest absolute Gasteiger partial charge is 0.270 e. The first kappa shape index (κ1) is 18.4. The molecule has 0 aromatic heterocycles. The lowest BCUT2D eigenvalue weighted by Gasteiger charge is -2.17. The van der Waals surface area contributed by atoms with Gasteiger partial charge in [0.1, 0.15) is 0 Å². The highest BCUT2D eigenvalue weighted by Crippen LogP contribution is 2.22. The summed E-state index contributed by atoms with van der Waals surface area (Å²) in [6, 6.07) is 11.8. The Morgan fingerprint density at radius 2 is 1.85 bits per heavy atom. The number of nitro groups is 1. The van der Waals surface area contributed by atoms with E-state index in [1.807, 2.05) is 18.2 Å². The van der Waals surface area contributed by atoms with Crippen LogP contribution >= 0.6 is 11.6 Å². The molecule has 136 valence electrons. The van der Waals surface area contributed by atoms with Gasteiger partial charge in [-0.3, -0.25) is 19.8 Å². The maximum absolute atomic E-state index is 12.4. The van der Waals surface area contributed by atoms with Crippen molar-refractivity contribution >= 4 is 23.2 Å². The fourth-order valence-corrected chi connectivity index (χ4v) is 3.34. The van der Waals surface area contributed by atoms with Crippen molar-refractivity contribution in [3.05, 3.63) is 74.3 Å². The van der Waals surface area contributed by atoms with E-state index in [0.29, 0.717) is 6.54 Å². The number of non-ortho nitro benzene ring substituents is 1. The van der Waals surface area contributed by atoms with Crippen LogP contribution < -0.4 is 5.32 Å². The minimum atomic E-state index is -0.543. The number of nitro benzene ring substituents is 1. The highest BCUT2D eigenvalue weighted by molar-refractivity contribution is 6.33. The van der Waals surface area contributed by atoms with E-state index < -0.39 is 10.8 Å². The molecule has 1 N–H and O–H groups in total. The van der Waals surface area contributed by atoms with E-state index in [4.69, 9.17) is 11.6 Å². The van der Waals surface area contributed by atoms with E-state index in [2.05, 4.69) is 16.3 Å². The number of nitrogens with zero attached hydrogens (tertiary/aromatic N) is 2. The van der Waals surface area contributed by atoms with Crippen molar-refractivity contribution in [1.82, 2.24) is 10.2 Å². The molecule has 0 aliphatic carbocycles. The standard InChI is InChI=1S/C19H20ClN3O3/c20-18-8-7-16(23(25)26)11-17(18)19(24)21-12-14-5-1-2-6-15(14)13-22-9-3-4-10-22/h1-2,5-8,11H,3-4,9-10,12-13H2,(H,21,24). The van der Waals surface area contributed by atoms with Gasteiger partial charge >= 0.3 is 0 Å². The molecule has 1 heterocycles. The van der Waals surface area contributed by atoms with Crippen molar-refractivity contribution in [3.63, 3.8) is 0 Å². The van der Waals surface area contributed by atoms with Crippen molar-refractivity contribution in [2.75, 3.05) is 13.1 Å². The lowest BCUT2D eigenvalue weighted by atomic mass is 10.1. The first-order valence-corrected chi connectivity index (χ1v) is 8.93. The molecule has 7 heteroatoms. The van der Waals surface area contributed by atoms with Gasteiger partial charge in [-0.25, -0.2) is 0 Å². The van der Waals surface area contributed by atoms with Crippen molar-refractivity contribution in [2.24, 2.45) is 0 Å². The molecule has 1 aliphatic heterocycles. The summed E-state index contributed by atoms with van der Waals surface area (Å²) in [5.41, 5.74) is 2.17. The van der Waals surface area contributed by atoms with E-state index in [0.717, 1.165) is 25.2 Å².